The Balaban J connectivity index is 1.63. The van der Waals surface area contributed by atoms with Crippen molar-refractivity contribution in [3.8, 4) is 17.3 Å². The summed E-state index contributed by atoms with van der Waals surface area (Å²) in [5.74, 6) is 0. The minimum atomic E-state index is -0.465. The maximum atomic E-state index is 12.7. The fourth-order valence-corrected chi connectivity index (χ4v) is 4.44. The van der Waals surface area contributed by atoms with Crippen LogP contribution in [0, 0.1) is 11.3 Å². The summed E-state index contributed by atoms with van der Waals surface area (Å²) in [6, 6.07) is 22.9. The fraction of sp³-hybridized carbons (Fsp3) is 0. The summed E-state index contributed by atoms with van der Waals surface area (Å²) in [5, 5.41) is 15.4. The van der Waals surface area contributed by atoms with Gasteiger partial charge in [0, 0.05) is 15.8 Å². The number of hydrogen-bond donors (Lipinski definition) is 0. The molecule has 2 heterocycles. The predicted molar refractivity (Wildman–Crippen MR) is 126 cm³/mol. The minimum Gasteiger partial charge on any atom is -0.422 e. The molecule has 0 fully saturated rings. The molecular weight excluding hydrogens is 428 g/mol. The highest BCUT2D eigenvalue weighted by Crippen LogP contribution is 2.31. The Bertz CT molecular complexity index is 1590. The molecule has 0 N–H and O–H groups in total. The van der Waals surface area contributed by atoms with Crippen LogP contribution in [0.15, 0.2) is 81.3 Å². The molecule has 0 spiro atoms. The van der Waals surface area contributed by atoms with Crippen molar-refractivity contribution >= 4 is 56.3 Å². The summed E-state index contributed by atoms with van der Waals surface area (Å²) in [4.78, 5) is 17.2. The van der Waals surface area contributed by atoms with Crippen LogP contribution in [0.5, 0.6) is 0 Å². The van der Waals surface area contributed by atoms with E-state index in [1.807, 2.05) is 54.6 Å². The topological polar surface area (TPSA) is 66.9 Å². The maximum absolute atomic E-state index is 12.7. The smallest absolute Gasteiger partial charge is 0.345 e. The largest absolute Gasteiger partial charge is 0.422 e. The highest BCUT2D eigenvalue weighted by molar-refractivity contribution is 7.11. The van der Waals surface area contributed by atoms with E-state index in [0.717, 1.165) is 21.7 Å². The second kappa shape index (κ2) is 7.84. The Morgan fingerprint density at radius 3 is 2.71 bits per heavy atom. The van der Waals surface area contributed by atoms with Crippen LogP contribution >= 0.6 is 22.9 Å². The Kier molecular flexibility index (Phi) is 4.87. The molecule has 0 saturated heterocycles. The summed E-state index contributed by atoms with van der Waals surface area (Å²) < 4.78 is 5.57. The number of aromatic nitrogens is 1. The number of allylic oxidation sites excluding steroid dienone is 1. The SMILES string of the molecule is N#C/C(=C\c1ccccc1Cl)c1nc(-c2cc3c(ccc4ccccc43)oc2=O)cs1. The number of hydrogen-bond acceptors (Lipinski definition) is 5. The van der Waals surface area contributed by atoms with Crippen molar-refractivity contribution in [2.75, 3.05) is 0 Å². The van der Waals surface area contributed by atoms with E-state index in [0.29, 0.717) is 32.4 Å². The van der Waals surface area contributed by atoms with Crippen LogP contribution in [0.4, 0.5) is 0 Å². The van der Waals surface area contributed by atoms with Gasteiger partial charge in [0.2, 0.25) is 0 Å². The van der Waals surface area contributed by atoms with Gasteiger partial charge < -0.3 is 4.42 Å². The number of rotatable bonds is 3. The molecule has 31 heavy (non-hydrogen) atoms. The second-order valence-corrected chi connectivity index (χ2v) is 8.14. The maximum Gasteiger partial charge on any atom is 0.345 e. The lowest BCUT2D eigenvalue weighted by molar-refractivity contribution is 0.563. The molecule has 3 aromatic carbocycles. The number of thiazole rings is 1. The monoisotopic (exact) mass is 440 g/mol. The zero-order chi connectivity index (χ0) is 21.4. The number of nitriles is 1. The first-order valence-electron chi connectivity index (χ1n) is 9.42. The van der Waals surface area contributed by atoms with Gasteiger partial charge in [-0.05, 0) is 40.6 Å². The van der Waals surface area contributed by atoms with Gasteiger partial charge in [-0.1, -0.05) is 60.1 Å². The van der Waals surface area contributed by atoms with Crippen molar-refractivity contribution in [1.29, 1.82) is 5.26 Å². The molecule has 0 unspecified atom stereocenters. The molecule has 0 bridgehead atoms. The molecule has 0 aliphatic rings. The van der Waals surface area contributed by atoms with Gasteiger partial charge in [-0.25, -0.2) is 9.78 Å². The molecule has 5 rings (SSSR count). The number of halogens is 1. The van der Waals surface area contributed by atoms with Crippen molar-refractivity contribution < 1.29 is 4.42 Å². The van der Waals surface area contributed by atoms with E-state index >= 15 is 0 Å². The summed E-state index contributed by atoms with van der Waals surface area (Å²) >= 11 is 7.51. The van der Waals surface area contributed by atoms with E-state index in [-0.39, 0.29) is 0 Å². The lowest BCUT2D eigenvalue weighted by Crippen LogP contribution is -2.03. The van der Waals surface area contributed by atoms with Crippen LogP contribution in [0.3, 0.4) is 0 Å². The zero-order valence-electron chi connectivity index (χ0n) is 16.0. The van der Waals surface area contributed by atoms with Gasteiger partial charge >= 0.3 is 5.63 Å². The third-order valence-corrected chi connectivity index (χ3v) is 6.20. The molecule has 0 amide bonds. The van der Waals surface area contributed by atoms with E-state index in [1.54, 1.807) is 23.6 Å². The zero-order valence-corrected chi connectivity index (χ0v) is 17.6. The molecule has 0 saturated carbocycles. The third kappa shape index (κ3) is 3.53. The Hall–Kier alpha value is -3.72. The molecule has 0 aliphatic carbocycles. The fourth-order valence-electron chi connectivity index (χ4n) is 3.46. The normalized spacial score (nSPS) is 11.7. The molecular formula is C25H13ClN2O2S. The van der Waals surface area contributed by atoms with Crippen LogP contribution in [0.1, 0.15) is 10.6 Å². The molecule has 5 aromatic rings. The van der Waals surface area contributed by atoms with Gasteiger partial charge in [0.1, 0.15) is 16.7 Å². The van der Waals surface area contributed by atoms with Crippen molar-refractivity contribution in [3.05, 3.63) is 98.1 Å². The van der Waals surface area contributed by atoms with E-state index in [9.17, 15) is 10.1 Å². The highest BCUT2D eigenvalue weighted by atomic mass is 35.5. The first-order valence-corrected chi connectivity index (χ1v) is 10.7. The predicted octanol–water partition coefficient (Wildman–Crippen LogP) is 6.79. The lowest BCUT2D eigenvalue weighted by atomic mass is 10.0. The number of benzene rings is 3. The molecule has 2 aromatic heterocycles. The standard InChI is InChI=1S/C25H13ClN2O2S/c26-21-8-4-2-6-16(21)11-17(13-27)24-28-22(14-31-24)20-12-19-18-7-3-1-5-15(18)9-10-23(19)30-25(20)29/h1-12,14H/b17-11+. The van der Waals surface area contributed by atoms with E-state index in [4.69, 9.17) is 16.0 Å². The lowest BCUT2D eigenvalue weighted by Gasteiger charge is -2.04. The Morgan fingerprint density at radius 1 is 1.06 bits per heavy atom. The van der Waals surface area contributed by atoms with E-state index in [2.05, 4.69) is 11.1 Å². The molecule has 148 valence electrons. The summed E-state index contributed by atoms with van der Waals surface area (Å²) in [6.07, 6.45) is 1.70. The van der Waals surface area contributed by atoms with Gasteiger partial charge in [-0.3, -0.25) is 0 Å². The Labute approximate surface area is 186 Å². The average Bonchev–Trinajstić information content (AvgIpc) is 3.27. The van der Waals surface area contributed by atoms with E-state index in [1.165, 1.54) is 11.3 Å². The van der Waals surface area contributed by atoms with Gasteiger partial charge in [0.15, 0.2) is 0 Å². The second-order valence-electron chi connectivity index (χ2n) is 6.88. The first kappa shape index (κ1) is 19.3. The number of fused-ring (bicyclic) bond motifs is 3. The quantitative estimate of drug-likeness (QED) is 0.176. The van der Waals surface area contributed by atoms with E-state index < -0.39 is 5.63 Å². The molecule has 0 radical (unpaired) electrons. The van der Waals surface area contributed by atoms with Crippen LogP contribution in [-0.4, -0.2) is 4.98 Å². The Morgan fingerprint density at radius 2 is 1.87 bits per heavy atom. The first-order chi connectivity index (χ1) is 15.1. The van der Waals surface area contributed by atoms with Crippen LogP contribution in [0.2, 0.25) is 5.02 Å². The van der Waals surface area contributed by atoms with Crippen molar-refractivity contribution in [1.82, 2.24) is 4.98 Å². The highest BCUT2D eigenvalue weighted by Gasteiger charge is 2.15. The van der Waals surface area contributed by atoms with Gasteiger partial charge in [-0.2, -0.15) is 5.26 Å². The molecule has 0 aliphatic heterocycles. The summed E-state index contributed by atoms with van der Waals surface area (Å²) in [5.41, 5.74) is 2.01. The van der Waals surface area contributed by atoms with Crippen LogP contribution in [0.25, 0.3) is 44.6 Å². The van der Waals surface area contributed by atoms with Gasteiger partial charge in [-0.15, -0.1) is 11.3 Å². The number of nitrogens with zero attached hydrogens (tertiary/aromatic N) is 2. The molecule has 0 atom stereocenters. The van der Waals surface area contributed by atoms with Crippen LogP contribution < -0.4 is 5.63 Å². The van der Waals surface area contributed by atoms with Crippen molar-refractivity contribution in [2.24, 2.45) is 0 Å². The third-order valence-electron chi connectivity index (χ3n) is 4.98. The van der Waals surface area contributed by atoms with Crippen molar-refractivity contribution in [2.45, 2.75) is 0 Å². The molecule has 4 nitrogen and oxygen atoms in total. The van der Waals surface area contributed by atoms with Gasteiger partial charge in [0.05, 0.1) is 16.8 Å². The average molecular weight is 441 g/mol. The van der Waals surface area contributed by atoms with Crippen molar-refractivity contribution in [3.63, 3.8) is 0 Å². The summed E-state index contributed by atoms with van der Waals surface area (Å²) in [6.45, 7) is 0. The minimum absolute atomic E-state index is 0.362. The van der Waals surface area contributed by atoms with Gasteiger partial charge in [0.25, 0.3) is 0 Å². The van der Waals surface area contributed by atoms with Crippen LogP contribution in [-0.2, 0) is 0 Å². The summed E-state index contributed by atoms with van der Waals surface area (Å²) in [7, 11) is 0. The molecule has 6 heteroatoms.